The zero-order valence-corrected chi connectivity index (χ0v) is 28.9. The second-order valence-corrected chi connectivity index (χ2v) is 14.2. The molecule has 49 heavy (non-hydrogen) atoms. The van der Waals surface area contributed by atoms with Crippen LogP contribution in [0.25, 0.3) is 15.3 Å². The minimum absolute atomic E-state index is 0.0305. The molecule has 0 saturated carbocycles. The zero-order chi connectivity index (χ0) is 34.9. The Morgan fingerprint density at radius 2 is 1.88 bits per heavy atom. The molecule has 4 aromatic heterocycles. The number of sulfonamides is 1. The Hall–Kier alpha value is -5.90. The monoisotopic (exact) mass is 710 g/mol. The molecule has 0 spiro atoms. The summed E-state index contributed by atoms with van der Waals surface area (Å²) >= 11 is 2.68. The molecule has 6 aromatic rings. The highest BCUT2D eigenvalue weighted by atomic mass is 32.2. The lowest BCUT2D eigenvalue weighted by Crippen LogP contribution is -2.19. The summed E-state index contributed by atoms with van der Waals surface area (Å²) in [6.07, 6.45) is 3.56. The molecule has 15 nitrogen and oxygen atoms in total. The van der Waals surface area contributed by atoms with Crippen molar-refractivity contribution in [3.05, 3.63) is 89.1 Å². The number of fused-ring (bicyclic) bond motifs is 1. The lowest BCUT2D eigenvalue weighted by Gasteiger charge is -2.24. The molecule has 0 aliphatic heterocycles. The fourth-order valence-electron chi connectivity index (χ4n) is 4.74. The summed E-state index contributed by atoms with van der Waals surface area (Å²) in [4.78, 5) is 32.7. The first-order valence-electron chi connectivity index (χ1n) is 14.3. The van der Waals surface area contributed by atoms with Crippen LogP contribution < -0.4 is 14.9 Å². The van der Waals surface area contributed by atoms with Crippen molar-refractivity contribution in [2.75, 3.05) is 21.2 Å². The number of azo groups is 1. The van der Waals surface area contributed by atoms with Gasteiger partial charge in [-0.1, -0.05) is 47.7 Å². The first-order chi connectivity index (χ1) is 23.5. The number of benzene rings is 2. The van der Waals surface area contributed by atoms with Crippen molar-refractivity contribution < 1.29 is 13.2 Å². The largest absolute Gasteiger partial charge is 0.305 e. The van der Waals surface area contributed by atoms with Gasteiger partial charge in [0.2, 0.25) is 32.8 Å². The Morgan fingerprint density at radius 1 is 1.10 bits per heavy atom. The fraction of sp³-hybridized carbons (Fsp3) is 0.129. The van der Waals surface area contributed by atoms with Crippen molar-refractivity contribution in [3.8, 4) is 11.2 Å². The van der Waals surface area contributed by atoms with Crippen molar-refractivity contribution in [3.63, 3.8) is 0 Å². The highest BCUT2D eigenvalue weighted by Gasteiger charge is 2.27. The number of hydrogen-bond donors (Lipinski definition) is 2. The van der Waals surface area contributed by atoms with Gasteiger partial charge in [0.25, 0.3) is 0 Å². The van der Waals surface area contributed by atoms with E-state index < -0.39 is 15.9 Å². The summed E-state index contributed by atoms with van der Waals surface area (Å²) in [7, 11) is -3.97. The van der Waals surface area contributed by atoms with Crippen LogP contribution in [0, 0.1) is 32.1 Å². The van der Waals surface area contributed by atoms with Gasteiger partial charge in [0.1, 0.15) is 11.6 Å². The number of rotatable bonds is 10. The number of nitrogens with one attached hydrogen (secondary N) is 2. The van der Waals surface area contributed by atoms with E-state index in [0.717, 1.165) is 33.7 Å². The normalized spacial score (nSPS) is 11.5. The van der Waals surface area contributed by atoms with Crippen LogP contribution in [0.4, 0.5) is 39.9 Å². The molecule has 0 aliphatic rings. The number of nitriles is 1. The number of carbonyl (C=O) groups excluding carboxylic acids is 1. The minimum Gasteiger partial charge on any atom is -0.305 e. The van der Waals surface area contributed by atoms with E-state index in [0.29, 0.717) is 21.6 Å². The zero-order valence-electron chi connectivity index (χ0n) is 26.4. The van der Waals surface area contributed by atoms with Crippen molar-refractivity contribution in [2.45, 2.75) is 20.8 Å². The average Bonchev–Trinajstić information content (AvgIpc) is 3.80. The molecule has 0 aliphatic carbocycles. The SMILES string of the molecule is C=CC(=O)Nc1nc(N(c2nc3ccccc3s2)c2ccc(C)cc2C)nc(NS(C)(=O)=O)c1N=Nc1nn(-c2nccs2)c(C)c1C#N. The maximum atomic E-state index is 12.7. The van der Waals surface area contributed by atoms with Gasteiger partial charge in [-0.15, -0.1) is 26.7 Å². The summed E-state index contributed by atoms with van der Waals surface area (Å²) < 4.78 is 30.1. The number of amides is 1. The molecular weight excluding hydrogens is 685 g/mol. The number of aryl methyl sites for hydroxylation is 2. The quantitative estimate of drug-likeness (QED) is 0.111. The van der Waals surface area contributed by atoms with Crippen LogP contribution in [0.2, 0.25) is 0 Å². The van der Waals surface area contributed by atoms with Gasteiger partial charge in [-0.05, 0) is 50.6 Å². The van der Waals surface area contributed by atoms with Crippen LogP contribution in [-0.4, -0.2) is 50.3 Å². The smallest absolute Gasteiger partial charge is 0.248 e. The topological polar surface area (TPSA) is 196 Å². The summed E-state index contributed by atoms with van der Waals surface area (Å²) in [5, 5.41) is 28.1. The molecule has 2 N–H and O–H groups in total. The van der Waals surface area contributed by atoms with Gasteiger partial charge in [0.05, 0.1) is 27.9 Å². The molecule has 0 radical (unpaired) electrons. The van der Waals surface area contributed by atoms with E-state index in [2.05, 4.69) is 53.0 Å². The van der Waals surface area contributed by atoms with Gasteiger partial charge in [-0.3, -0.25) is 14.4 Å². The molecule has 1 amide bonds. The summed E-state index contributed by atoms with van der Waals surface area (Å²) in [5.41, 5.74) is 3.60. The Bertz CT molecular complexity index is 2390. The maximum Gasteiger partial charge on any atom is 0.248 e. The average molecular weight is 711 g/mol. The first-order valence-corrected chi connectivity index (χ1v) is 17.9. The Labute approximate surface area is 288 Å². The van der Waals surface area contributed by atoms with Crippen LogP contribution in [0.3, 0.4) is 0 Å². The molecular formula is C31H26N12O3S3. The van der Waals surface area contributed by atoms with Crippen molar-refractivity contribution in [2.24, 2.45) is 10.2 Å². The van der Waals surface area contributed by atoms with Gasteiger partial charge < -0.3 is 5.32 Å². The van der Waals surface area contributed by atoms with Crippen molar-refractivity contribution in [1.82, 2.24) is 29.7 Å². The second kappa shape index (κ2) is 13.3. The third kappa shape index (κ3) is 6.89. The second-order valence-electron chi connectivity index (χ2n) is 10.5. The molecule has 6 rings (SSSR count). The van der Waals surface area contributed by atoms with Crippen LogP contribution in [0.5, 0.6) is 0 Å². The highest BCUT2D eigenvalue weighted by molar-refractivity contribution is 7.92. The van der Waals surface area contributed by atoms with Gasteiger partial charge in [0, 0.05) is 11.6 Å². The number of aromatic nitrogens is 6. The molecule has 0 atom stereocenters. The standard InChI is InChI=1S/C31H26N12O3S3/c1-6-24(44)35-27-25(38-39-26-20(16-32)19(4)43(40-26)30-33-13-14-47-30)28(41-49(5,45)46)37-29(36-27)42(22-12-11-17(2)15-18(22)3)31-34-21-9-7-8-10-23(21)48-31/h6-15H,1H2,2-5H3,(H2,35,36,37,41,44). The molecule has 0 fully saturated rings. The van der Waals surface area contributed by atoms with Gasteiger partial charge in [0.15, 0.2) is 22.5 Å². The Kier molecular flexibility index (Phi) is 8.97. The van der Waals surface area contributed by atoms with Crippen LogP contribution in [0.15, 0.2) is 76.9 Å². The van der Waals surface area contributed by atoms with Gasteiger partial charge in [-0.25, -0.2) is 23.1 Å². The third-order valence-corrected chi connectivity index (χ3v) is 9.24. The molecule has 2 aromatic carbocycles. The number of thiazole rings is 2. The predicted octanol–water partition coefficient (Wildman–Crippen LogP) is 6.91. The van der Waals surface area contributed by atoms with Gasteiger partial charge >= 0.3 is 0 Å². The summed E-state index contributed by atoms with van der Waals surface area (Å²) in [6.45, 7) is 9.09. The first kappa shape index (κ1) is 33.0. The molecule has 18 heteroatoms. The van der Waals surface area contributed by atoms with Crippen LogP contribution in [0.1, 0.15) is 22.4 Å². The highest BCUT2D eigenvalue weighted by Crippen LogP contribution is 2.43. The number of nitrogens with zero attached hydrogens (tertiary/aromatic N) is 10. The molecule has 4 heterocycles. The van der Waals surface area contributed by atoms with E-state index in [9.17, 15) is 18.5 Å². The van der Waals surface area contributed by atoms with Crippen LogP contribution >= 0.6 is 22.7 Å². The molecule has 246 valence electrons. The molecule has 0 unspecified atom stereocenters. The number of carbonyl (C=O) groups is 1. The third-order valence-electron chi connectivity index (χ3n) is 6.90. The molecule has 0 saturated heterocycles. The number of anilines is 5. The van der Waals surface area contributed by atoms with E-state index in [1.165, 1.54) is 27.4 Å². The van der Waals surface area contributed by atoms with E-state index in [-0.39, 0.29) is 34.7 Å². The lowest BCUT2D eigenvalue weighted by molar-refractivity contribution is -0.111. The van der Waals surface area contributed by atoms with E-state index in [1.54, 1.807) is 23.4 Å². The minimum atomic E-state index is -3.97. The van der Waals surface area contributed by atoms with Crippen molar-refractivity contribution in [1.29, 1.82) is 5.26 Å². The van der Waals surface area contributed by atoms with Gasteiger partial charge in [-0.2, -0.15) is 15.2 Å². The Morgan fingerprint density at radius 3 is 2.55 bits per heavy atom. The predicted molar refractivity (Wildman–Crippen MR) is 190 cm³/mol. The summed E-state index contributed by atoms with van der Waals surface area (Å²) in [5.74, 6) is -1.27. The van der Waals surface area contributed by atoms with E-state index in [4.69, 9.17) is 4.98 Å². The fourth-order valence-corrected chi connectivity index (χ4v) is 6.85. The lowest BCUT2D eigenvalue weighted by atomic mass is 10.1. The summed E-state index contributed by atoms with van der Waals surface area (Å²) in [6, 6.07) is 15.4. The number of hydrogen-bond acceptors (Lipinski definition) is 14. The molecule has 0 bridgehead atoms. The van der Waals surface area contributed by atoms with E-state index in [1.807, 2.05) is 56.3 Å². The Balaban J connectivity index is 1.59. The van der Waals surface area contributed by atoms with E-state index >= 15 is 0 Å². The maximum absolute atomic E-state index is 12.7. The van der Waals surface area contributed by atoms with Crippen molar-refractivity contribution >= 4 is 88.7 Å². The number of para-hydroxylation sites is 1. The van der Waals surface area contributed by atoms with Crippen LogP contribution in [-0.2, 0) is 14.8 Å².